The normalized spacial score (nSPS) is 19.3. The van der Waals surface area contributed by atoms with E-state index in [2.05, 4.69) is 24.3 Å². The Balaban J connectivity index is 1.49. The van der Waals surface area contributed by atoms with E-state index in [-0.39, 0.29) is 5.54 Å². The van der Waals surface area contributed by atoms with Crippen LogP contribution in [0.1, 0.15) is 54.0 Å². The van der Waals surface area contributed by atoms with Gasteiger partial charge >= 0.3 is 0 Å². The zero-order chi connectivity index (χ0) is 14.3. The lowest BCUT2D eigenvalue weighted by Crippen LogP contribution is -2.42. The summed E-state index contributed by atoms with van der Waals surface area (Å²) >= 11 is 1.90. The van der Waals surface area contributed by atoms with Gasteiger partial charge in [0.05, 0.1) is 10.7 Å². The molecule has 1 aromatic heterocycles. The molecule has 1 fully saturated rings. The zero-order valence-electron chi connectivity index (χ0n) is 12.4. The van der Waals surface area contributed by atoms with Gasteiger partial charge in [0.15, 0.2) is 0 Å². The average Bonchev–Trinajstić information content (AvgIpc) is 3.03. The van der Waals surface area contributed by atoms with Gasteiger partial charge in [-0.25, -0.2) is 4.98 Å². The molecular weight excluding hydrogens is 276 g/mol. The van der Waals surface area contributed by atoms with Gasteiger partial charge in [0.1, 0.15) is 0 Å². The second kappa shape index (κ2) is 5.22. The van der Waals surface area contributed by atoms with Gasteiger partial charge in [-0.1, -0.05) is 43.5 Å². The first-order valence-electron chi connectivity index (χ1n) is 8.09. The van der Waals surface area contributed by atoms with Gasteiger partial charge in [-0.05, 0) is 24.8 Å². The molecule has 2 aliphatic carbocycles. The van der Waals surface area contributed by atoms with Gasteiger partial charge in [-0.3, -0.25) is 0 Å². The minimum absolute atomic E-state index is 0.0757. The molecule has 0 atom stereocenters. The van der Waals surface area contributed by atoms with Crippen LogP contribution in [0, 0.1) is 0 Å². The van der Waals surface area contributed by atoms with E-state index in [1.54, 1.807) is 0 Å². The van der Waals surface area contributed by atoms with Crippen LogP contribution in [-0.4, -0.2) is 10.5 Å². The molecule has 1 aromatic carbocycles. The SMILES string of the molecule is NC1(CCc2nc3c(s2)Cc2ccccc2-3)CCCCC1. The summed E-state index contributed by atoms with van der Waals surface area (Å²) in [5.74, 6) is 0. The Kier molecular flexibility index (Phi) is 3.35. The maximum Gasteiger partial charge on any atom is 0.0936 e. The van der Waals surface area contributed by atoms with Crippen molar-refractivity contribution >= 4 is 11.3 Å². The minimum atomic E-state index is 0.0757. The van der Waals surface area contributed by atoms with E-state index in [1.165, 1.54) is 58.8 Å². The van der Waals surface area contributed by atoms with E-state index in [9.17, 15) is 0 Å². The molecule has 3 heteroatoms. The van der Waals surface area contributed by atoms with Crippen LogP contribution in [0.2, 0.25) is 0 Å². The van der Waals surface area contributed by atoms with Crippen molar-refractivity contribution in [3.05, 3.63) is 39.7 Å². The average molecular weight is 298 g/mol. The van der Waals surface area contributed by atoms with Crippen LogP contribution >= 0.6 is 11.3 Å². The Bertz CT molecular complexity index is 653. The molecule has 1 heterocycles. The van der Waals surface area contributed by atoms with E-state index >= 15 is 0 Å². The highest BCUT2D eigenvalue weighted by molar-refractivity contribution is 7.12. The molecule has 0 spiro atoms. The van der Waals surface area contributed by atoms with Crippen LogP contribution in [0.5, 0.6) is 0 Å². The fourth-order valence-electron chi connectivity index (χ4n) is 3.78. The summed E-state index contributed by atoms with van der Waals surface area (Å²) in [6.45, 7) is 0. The first kappa shape index (κ1) is 13.5. The van der Waals surface area contributed by atoms with Crippen molar-refractivity contribution in [1.82, 2.24) is 4.98 Å². The molecular formula is C18H22N2S. The van der Waals surface area contributed by atoms with E-state index in [0.29, 0.717) is 0 Å². The number of rotatable bonds is 3. The molecule has 0 saturated heterocycles. The summed E-state index contributed by atoms with van der Waals surface area (Å²) in [4.78, 5) is 6.36. The second-order valence-electron chi connectivity index (χ2n) is 6.64. The fraction of sp³-hybridized carbons (Fsp3) is 0.500. The van der Waals surface area contributed by atoms with Gasteiger partial charge in [-0.2, -0.15) is 0 Å². The van der Waals surface area contributed by atoms with Gasteiger partial charge in [0, 0.05) is 28.8 Å². The number of hydrogen-bond donors (Lipinski definition) is 1. The summed E-state index contributed by atoms with van der Waals surface area (Å²) < 4.78 is 0. The number of benzene rings is 1. The number of thiazole rings is 1. The Morgan fingerprint density at radius 3 is 2.81 bits per heavy atom. The van der Waals surface area contributed by atoms with E-state index < -0.39 is 0 Å². The lowest BCUT2D eigenvalue weighted by molar-refractivity contribution is 0.278. The summed E-state index contributed by atoms with van der Waals surface area (Å²) in [6.07, 6.45) is 9.58. The predicted molar refractivity (Wildman–Crippen MR) is 88.7 cm³/mol. The van der Waals surface area contributed by atoms with Crippen LogP contribution in [0.25, 0.3) is 11.3 Å². The van der Waals surface area contributed by atoms with E-state index in [0.717, 1.165) is 19.3 Å². The summed E-state index contributed by atoms with van der Waals surface area (Å²) in [6, 6.07) is 8.66. The second-order valence-corrected chi connectivity index (χ2v) is 7.80. The molecule has 21 heavy (non-hydrogen) atoms. The van der Waals surface area contributed by atoms with Gasteiger partial charge in [0.2, 0.25) is 0 Å². The number of nitrogens with two attached hydrogens (primary N) is 1. The molecule has 0 amide bonds. The molecule has 0 aliphatic heterocycles. The lowest BCUT2D eigenvalue weighted by atomic mass is 9.79. The van der Waals surface area contributed by atoms with Gasteiger partial charge in [-0.15, -0.1) is 11.3 Å². The highest BCUT2D eigenvalue weighted by Gasteiger charge is 2.28. The molecule has 2 nitrogen and oxygen atoms in total. The first-order chi connectivity index (χ1) is 10.2. The first-order valence-corrected chi connectivity index (χ1v) is 8.91. The van der Waals surface area contributed by atoms with Crippen molar-refractivity contribution in [2.75, 3.05) is 0 Å². The Morgan fingerprint density at radius 2 is 1.95 bits per heavy atom. The summed E-state index contributed by atoms with van der Waals surface area (Å²) in [7, 11) is 0. The van der Waals surface area contributed by atoms with Crippen molar-refractivity contribution in [3.8, 4) is 11.3 Å². The van der Waals surface area contributed by atoms with Crippen LogP contribution in [0.15, 0.2) is 24.3 Å². The van der Waals surface area contributed by atoms with Gasteiger partial charge < -0.3 is 5.73 Å². The van der Waals surface area contributed by atoms with Crippen molar-refractivity contribution < 1.29 is 0 Å². The Morgan fingerprint density at radius 1 is 1.14 bits per heavy atom. The third kappa shape index (κ3) is 2.53. The zero-order valence-corrected chi connectivity index (χ0v) is 13.2. The molecule has 0 bridgehead atoms. The number of aryl methyl sites for hydroxylation is 1. The highest BCUT2D eigenvalue weighted by Crippen LogP contribution is 2.40. The van der Waals surface area contributed by atoms with Crippen LogP contribution < -0.4 is 5.73 Å². The molecule has 2 aromatic rings. The molecule has 2 N–H and O–H groups in total. The molecule has 0 unspecified atom stereocenters. The summed E-state index contributed by atoms with van der Waals surface area (Å²) in [5, 5.41) is 1.28. The number of aromatic nitrogens is 1. The van der Waals surface area contributed by atoms with Crippen molar-refractivity contribution in [2.45, 2.75) is 56.9 Å². The Hall–Kier alpha value is -1.19. The van der Waals surface area contributed by atoms with Crippen molar-refractivity contribution in [2.24, 2.45) is 5.73 Å². The van der Waals surface area contributed by atoms with Crippen LogP contribution in [0.3, 0.4) is 0 Å². The molecule has 2 aliphatic rings. The lowest BCUT2D eigenvalue weighted by Gasteiger charge is -2.33. The number of hydrogen-bond acceptors (Lipinski definition) is 3. The molecule has 4 rings (SSSR count). The van der Waals surface area contributed by atoms with Crippen molar-refractivity contribution in [1.29, 1.82) is 0 Å². The highest BCUT2D eigenvalue weighted by atomic mass is 32.1. The van der Waals surface area contributed by atoms with Crippen LogP contribution in [0.4, 0.5) is 0 Å². The quantitative estimate of drug-likeness (QED) is 0.782. The smallest absolute Gasteiger partial charge is 0.0936 e. The third-order valence-electron chi connectivity index (χ3n) is 5.05. The maximum atomic E-state index is 6.55. The van der Waals surface area contributed by atoms with Crippen LogP contribution in [-0.2, 0) is 12.8 Å². The molecule has 1 saturated carbocycles. The molecule has 0 radical (unpaired) electrons. The number of fused-ring (bicyclic) bond motifs is 3. The summed E-state index contributed by atoms with van der Waals surface area (Å²) in [5.41, 5.74) is 10.6. The number of nitrogens with zero attached hydrogens (tertiary/aromatic N) is 1. The largest absolute Gasteiger partial charge is 0.325 e. The fourth-order valence-corrected chi connectivity index (χ4v) is 4.88. The standard InChI is InChI=1S/C18H22N2S/c19-18(9-4-1-5-10-18)11-8-16-20-17-14-7-3-2-6-13(14)12-15(17)21-16/h2-3,6-7H,1,4-5,8-12,19H2. The predicted octanol–water partition coefficient (Wildman–Crippen LogP) is 4.31. The van der Waals surface area contributed by atoms with E-state index in [4.69, 9.17) is 10.7 Å². The monoisotopic (exact) mass is 298 g/mol. The third-order valence-corrected chi connectivity index (χ3v) is 6.17. The van der Waals surface area contributed by atoms with Crippen molar-refractivity contribution in [3.63, 3.8) is 0 Å². The Labute approximate surface area is 130 Å². The van der Waals surface area contributed by atoms with E-state index in [1.807, 2.05) is 11.3 Å². The van der Waals surface area contributed by atoms with Gasteiger partial charge in [0.25, 0.3) is 0 Å². The maximum absolute atomic E-state index is 6.55. The topological polar surface area (TPSA) is 38.9 Å². The minimum Gasteiger partial charge on any atom is -0.325 e. The molecule has 110 valence electrons.